The molecular weight excluding hydrogens is 250 g/mol. The molecule has 20 heavy (non-hydrogen) atoms. The summed E-state index contributed by atoms with van der Waals surface area (Å²) in [5, 5.41) is 3.06. The Morgan fingerprint density at radius 1 is 1.50 bits per heavy atom. The van der Waals surface area contributed by atoms with E-state index in [1.165, 1.54) is 0 Å². The van der Waals surface area contributed by atoms with Crippen LogP contribution in [-0.4, -0.2) is 17.4 Å². The van der Waals surface area contributed by atoms with Crippen LogP contribution in [0.5, 0.6) is 0 Å². The molecule has 0 aromatic carbocycles. The van der Waals surface area contributed by atoms with Crippen LogP contribution in [0.4, 0.5) is 0 Å². The van der Waals surface area contributed by atoms with E-state index in [9.17, 15) is 4.79 Å². The van der Waals surface area contributed by atoms with Crippen molar-refractivity contribution >= 4 is 5.91 Å². The molecule has 1 aromatic heterocycles. The van der Waals surface area contributed by atoms with Gasteiger partial charge in [0.05, 0.1) is 5.41 Å². The molecule has 4 nitrogen and oxygen atoms in total. The lowest BCUT2D eigenvalue weighted by Crippen LogP contribution is -2.47. The fourth-order valence-electron chi connectivity index (χ4n) is 2.88. The van der Waals surface area contributed by atoms with E-state index in [4.69, 9.17) is 5.73 Å². The minimum absolute atomic E-state index is 0.107. The SMILES string of the molecule is Cc1ccncc1CNC(=O)C1(CN)CCC(C)CC1. The summed E-state index contributed by atoms with van der Waals surface area (Å²) in [4.78, 5) is 16.6. The standard InChI is InChI=1S/C16H25N3O/c1-12-3-6-16(11-17,7-4-12)15(20)19-10-14-9-18-8-5-13(14)2/h5,8-9,12H,3-4,6-7,10-11,17H2,1-2H3,(H,19,20). The minimum Gasteiger partial charge on any atom is -0.351 e. The van der Waals surface area contributed by atoms with Gasteiger partial charge in [0.1, 0.15) is 0 Å². The number of pyridine rings is 1. The Morgan fingerprint density at radius 3 is 2.80 bits per heavy atom. The normalized spacial score (nSPS) is 26.2. The first-order valence-corrected chi connectivity index (χ1v) is 7.45. The van der Waals surface area contributed by atoms with Crippen LogP contribution in [0.15, 0.2) is 18.5 Å². The van der Waals surface area contributed by atoms with Gasteiger partial charge in [-0.2, -0.15) is 0 Å². The van der Waals surface area contributed by atoms with Crippen LogP contribution in [0.3, 0.4) is 0 Å². The van der Waals surface area contributed by atoms with Crippen LogP contribution in [0.25, 0.3) is 0 Å². The molecule has 0 atom stereocenters. The van der Waals surface area contributed by atoms with Crippen LogP contribution in [0.1, 0.15) is 43.7 Å². The second kappa shape index (κ2) is 6.35. The molecule has 110 valence electrons. The van der Waals surface area contributed by atoms with E-state index in [0.29, 0.717) is 19.0 Å². The Labute approximate surface area is 121 Å². The number of hydrogen-bond donors (Lipinski definition) is 2. The monoisotopic (exact) mass is 275 g/mol. The molecule has 3 N–H and O–H groups in total. The third-order valence-corrected chi connectivity index (χ3v) is 4.69. The molecule has 1 aliphatic carbocycles. The van der Waals surface area contributed by atoms with Gasteiger partial charge in [-0.25, -0.2) is 0 Å². The number of nitrogens with zero attached hydrogens (tertiary/aromatic N) is 1. The third kappa shape index (κ3) is 3.18. The van der Waals surface area contributed by atoms with Crippen LogP contribution in [-0.2, 0) is 11.3 Å². The molecular formula is C16H25N3O. The lowest BCUT2D eigenvalue weighted by Gasteiger charge is -2.37. The van der Waals surface area contributed by atoms with Crippen molar-refractivity contribution in [3.05, 3.63) is 29.6 Å². The Balaban J connectivity index is 1.98. The number of hydrogen-bond acceptors (Lipinski definition) is 3. The number of aromatic nitrogens is 1. The highest BCUT2D eigenvalue weighted by molar-refractivity contribution is 5.83. The van der Waals surface area contributed by atoms with Crippen molar-refractivity contribution in [3.63, 3.8) is 0 Å². The predicted molar refractivity (Wildman–Crippen MR) is 79.9 cm³/mol. The van der Waals surface area contributed by atoms with Gasteiger partial charge in [-0.15, -0.1) is 0 Å². The van der Waals surface area contributed by atoms with Crippen LogP contribution in [0, 0.1) is 18.3 Å². The van der Waals surface area contributed by atoms with E-state index < -0.39 is 0 Å². The molecule has 1 fully saturated rings. The van der Waals surface area contributed by atoms with E-state index in [0.717, 1.165) is 36.8 Å². The molecule has 0 saturated heterocycles. The number of nitrogens with one attached hydrogen (secondary N) is 1. The zero-order chi connectivity index (χ0) is 14.6. The molecule has 0 unspecified atom stereocenters. The van der Waals surface area contributed by atoms with E-state index >= 15 is 0 Å². The third-order valence-electron chi connectivity index (χ3n) is 4.69. The molecule has 0 aliphatic heterocycles. The van der Waals surface area contributed by atoms with Gasteiger partial charge >= 0.3 is 0 Å². The van der Waals surface area contributed by atoms with Crippen molar-refractivity contribution in [2.45, 2.75) is 46.1 Å². The van der Waals surface area contributed by atoms with Gasteiger partial charge < -0.3 is 11.1 Å². The topological polar surface area (TPSA) is 68.0 Å². The molecule has 4 heteroatoms. The van der Waals surface area contributed by atoms with Gasteiger partial charge in [0.15, 0.2) is 0 Å². The molecule has 0 spiro atoms. The first-order chi connectivity index (χ1) is 9.57. The molecule has 1 saturated carbocycles. The number of carbonyl (C=O) groups is 1. The van der Waals surface area contributed by atoms with E-state index in [1.807, 2.05) is 19.2 Å². The quantitative estimate of drug-likeness (QED) is 0.885. The van der Waals surface area contributed by atoms with Gasteiger partial charge in [0.25, 0.3) is 0 Å². The number of rotatable bonds is 4. The van der Waals surface area contributed by atoms with Gasteiger partial charge in [0, 0.05) is 25.5 Å². The highest BCUT2D eigenvalue weighted by Gasteiger charge is 2.39. The van der Waals surface area contributed by atoms with Crippen molar-refractivity contribution in [1.82, 2.24) is 10.3 Å². The van der Waals surface area contributed by atoms with Gasteiger partial charge in [-0.1, -0.05) is 6.92 Å². The Kier molecular flexibility index (Phi) is 4.76. The zero-order valence-corrected chi connectivity index (χ0v) is 12.5. The van der Waals surface area contributed by atoms with Crippen LogP contribution >= 0.6 is 0 Å². The number of carbonyl (C=O) groups excluding carboxylic acids is 1. The number of nitrogens with two attached hydrogens (primary N) is 1. The second-order valence-corrected chi connectivity index (χ2v) is 6.15. The van der Waals surface area contributed by atoms with Crippen molar-refractivity contribution < 1.29 is 4.79 Å². The molecule has 1 aromatic rings. The summed E-state index contributed by atoms with van der Waals surface area (Å²) < 4.78 is 0. The summed E-state index contributed by atoms with van der Waals surface area (Å²) >= 11 is 0. The minimum atomic E-state index is -0.359. The summed E-state index contributed by atoms with van der Waals surface area (Å²) in [5.41, 5.74) is 7.77. The van der Waals surface area contributed by atoms with E-state index in [-0.39, 0.29) is 11.3 Å². The van der Waals surface area contributed by atoms with Crippen LogP contribution in [0.2, 0.25) is 0 Å². The molecule has 0 radical (unpaired) electrons. The lowest BCUT2D eigenvalue weighted by atomic mass is 9.70. The highest BCUT2D eigenvalue weighted by Crippen LogP contribution is 2.38. The lowest BCUT2D eigenvalue weighted by molar-refractivity contribution is -0.133. The second-order valence-electron chi connectivity index (χ2n) is 6.15. The fraction of sp³-hybridized carbons (Fsp3) is 0.625. The highest BCUT2D eigenvalue weighted by atomic mass is 16.2. The molecule has 1 heterocycles. The maximum atomic E-state index is 12.5. The number of aryl methyl sites for hydroxylation is 1. The van der Waals surface area contributed by atoms with Gasteiger partial charge in [-0.05, 0) is 55.7 Å². The van der Waals surface area contributed by atoms with Crippen molar-refractivity contribution in [2.24, 2.45) is 17.1 Å². The smallest absolute Gasteiger partial charge is 0.227 e. The van der Waals surface area contributed by atoms with Crippen molar-refractivity contribution in [2.75, 3.05) is 6.54 Å². The molecule has 0 bridgehead atoms. The number of amides is 1. The Hall–Kier alpha value is -1.42. The van der Waals surface area contributed by atoms with Crippen LogP contribution < -0.4 is 11.1 Å². The average molecular weight is 275 g/mol. The van der Waals surface area contributed by atoms with E-state index in [1.54, 1.807) is 6.20 Å². The summed E-state index contributed by atoms with van der Waals surface area (Å²) in [5.74, 6) is 0.818. The van der Waals surface area contributed by atoms with Gasteiger partial charge in [0.2, 0.25) is 5.91 Å². The Morgan fingerprint density at radius 2 is 2.20 bits per heavy atom. The maximum absolute atomic E-state index is 12.5. The molecule has 1 aliphatic rings. The molecule has 1 amide bonds. The largest absolute Gasteiger partial charge is 0.351 e. The van der Waals surface area contributed by atoms with Crippen molar-refractivity contribution in [1.29, 1.82) is 0 Å². The zero-order valence-electron chi connectivity index (χ0n) is 12.5. The first-order valence-electron chi connectivity index (χ1n) is 7.45. The average Bonchev–Trinajstić information content (AvgIpc) is 2.47. The predicted octanol–water partition coefficient (Wildman–Crippen LogP) is 2.16. The summed E-state index contributed by atoms with van der Waals surface area (Å²) in [7, 11) is 0. The maximum Gasteiger partial charge on any atom is 0.227 e. The summed E-state index contributed by atoms with van der Waals surface area (Å²) in [6, 6.07) is 1.96. The summed E-state index contributed by atoms with van der Waals surface area (Å²) in [6.45, 7) is 5.26. The van der Waals surface area contributed by atoms with Gasteiger partial charge in [-0.3, -0.25) is 9.78 Å². The fourth-order valence-corrected chi connectivity index (χ4v) is 2.88. The molecule has 2 rings (SSSR count). The Bertz CT molecular complexity index is 465. The van der Waals surface area contributed by atoms with Crippen molar-refractivity contribution in [3.8, 4) is 0 Å². The van der Waals surface area contributed by atoms with E-state index in [2.05, 4.69) is 17.2 Å². The summed E-state index contributed by atoms with van der Waals surface area (Å²) in [6.07, 6.45) is 7.58. The first kappa shape index (κ1) is 15.0.